The van der Waals surface area contributed by atoms with Crippen LogP contribution in [0, 0.1) is 0 Å². The molecular weight excluding hydrogens is 617 g/mol. The zero-order chi connectivity index (χ0) is 35.8. The molecular formula is C44H66N4O2. The van der Waals surface area contributed by atoms with Gasteiger partial charge in [0.25, 0.3) is 0 Å². The van der Waals surface area contributed by atoms with Crippen molar-refractivity contribution in [2.75, 3.05) is 23.7 Å². The van der Waals surface area contributed by atoms with E-state index >= 15 is 0 Å². The van der Waals surface area contributed by atoms with Crippen LogP contribution in [0.15, 0.2) is 60.7 Å². The predicted molar refractivity (Wildman–Crippen MR) is 215 cm³/mol. The molecule has 0 fully saturated rings. The number of unbranched alkanes of at least 4 members (excludes halogenated alkanes) is 18. The number of rotatable bonds is 28. The van der Waals surface area contributed by atoms with Crippen LogP contribution in [0.4, 0.5) is 11.4 Å². The molecule has 0 unspecified atom stereocenters. The predicted octanol–water partition coefficient (Wildman–Crippen LogP) is 11.9. The van der Waals surface area contributed by atoms with Gasteiger partial charge in [-0.05, 0) is 59.9 Å². The Balaban J connectivity index is 1.55. The second-order valence-corrected chi connectivity index (χ2v) is 14.0. The van der Waals surface area contributed by atoms with Crippen molar-refractivity contribution < 1.29 is 9.59 Å². The fraction of sp³-hybridized carbons (Fsp3) is 0.545. The first-order valence-corrected chi connectivity index (χ1v) is 19.9. The molecule has 2 amide bonds. The quantitative estimate of drug-likeness (QED) is 0.0571. The van der Waals surface area contributed by atoms with E-state index in [9.17, 15) is 9.59 Å². The highest BCUT2D eigenvalue weighted by Gasteiger charge is 2.22. The molecule has 0 saturated carbocycles. The van der Waals surface area contributed by atoms with Gasteiger partial charge in [0.05, 0.1) is 5.56 Å². The molecule has 50 heavy (non-hydrogen) atoms. The number of carbonyl (C=O) groups excluding carboxylic acids is 2. The summed E-state index contributed by atoms with van der Waals surface area (Å²) in [7, 11) is 0. The van der Waals surface area contributed by atoms with Gasteiger partial charge in [-0.1, -0.05) is 160 Å². The zero-order valence-electron chi connectivity index (χ0n) is 31.3. The lowest BCUT2D eigenvalue weighted by Gasteiger charge is -2.17. The Kier molecular flexibility index (Phi) is 19.8. The minimum atomic E-state index is -0.594. The number of nitrogens with one attached hydrogen (secondary N) is 2. The molecule has 3 aromatic carbocycles. The monoisotopic (exact) mass is 683 g/mol. The number of nitrogens with two attached hydrogens (primary N) is 2. The molecule has 0 spiro atoms. The minimum Gasteiger partial charge on any atom is -0.385 e. The molecule has 3 aromatic rings. The van der Waals surface area contributed by atoms with Crippen LogP contribution >= 0.6 is 0 Å². The number of hydrogen-bond donors (Lipinski definition) is 4. The molecule has 0 atom stereocenters. The maximum atomic E-state index is 13.0. The van der Waals surface area contributed by atoms with Crippen molar-refractivity contribution in [1.82, 2.24) is 0 Å². The van der Waals surface area contributed by atoms with Gasteiger partial charge >= 0.3 is 0 Å². The summed E-state index contributed by atoms with van der Waals surface area (Å²) in [5, 5.41) is 7.04. The standard InChI is InChI=1S/C44H66N4O2/c1-3-5-7-9-11-13-15-17-19-21-33-47-37-27-23-35(24-28-37)39-31-32-40(43(45)49)41(42(39)44(46)50)36-25-29-38(30-26-36)48-34-22-20-18-16-14-12-10-8-6-4-2/h23-32,47-48H,3-22,33-34H2,1-2H3,(H2,45,49)(H2,46,50). The van der Waals surface area contributed by atoms with Crippen molar-refractivity contribution in [1.29, 1.82) is 0 Å². The molecule has 0 aliphatic rings. The molecule has 6 N–H and O–H groups in total. The van der Waals surface area contributed by atoms with Gasteiger partial charge in [-0.2, -0.15) is 0 Å². The van der Waals surface area contributed by atoms with E-state index in [0.29, 0.717) is 16.7 Å². The third kappa shape index (κ3) is 14.6. The maximum Gasteiger partial charge on any atom is 0.249 e. The molecule has 6 heteroatoms. The summed E-state index contributed by atoms with van der Waals surface area (Å²) < 4.78 is 0. The first-order chi connectivity index (χ1) is 24.5. The Labute approximate surface area is 303 Å². The lowest BCUT2D eigenvalue weighted by molar-refractivity contribution is 0.0999. The first-order valence-electron chi connectivity index (χ1n) is 19.9. The number of anilines is 2. The Bertz CT molecular complexity index is 1380. The van der Waals surface area contributed by atoms with E-state index in [1.54, 1.807) is 12.1 Å². The molecule has 0 aromatic heterocycles. The maximum absolute atomic E-state index is 13.0. The van der Waals surface area contributed by atoms with Crippen molar-refractivity contribution >= 4 is 23.2 Å². The molecule has 0 aliphatic heterocycles. The van der Waals surface area contributed by atoms with E-state index in [1.165, 1.54) is 116 Å². The van der Waals surface area contributed by atoms with Crippen LogP contribution in [0.5, 0.6) is 0 Å². The Hall–Kier alpha value is -3.80. The number of amides is 2. The molecule has 0 bridgehead atoms. The zero-order valence-corrected chi connectivity index (χ0v) is 31.3. The topological polar surface area (TPSA) is 110 Å². The average molecular weight is 683 g/mol. The van der Waals surface area contributed by atoms with Gasteiger partial charge in [-0.3, -0.25) is 9.59 Å². The third-order valence-electron chi connectivity index (χ3n) is 9.81. The van der Waals surface area contributed by atoms with Gasteiger partial charge in [0.2, 0.25) is 11.8 Å². The molecule has 0 aliphatic carbocycles. The summed E-state index contributed by atoms with van der Waals surface area (Å²) >= 11 is 0. The van der Waals surface area contributed by atoms with E-state index in [1.807, 2.05) is 48.5 Å². The molecule has 0 saturated heterocycles. The van der Waals surface area contributed by atoms with Crippen LogP contribution in [0.2, 0.25) is 0 Å². The summed E-state index contributed by atoms with van der Waals surface area (Å²) in [6.07, 6.45) is 26.3. The first kappa shape index (κ1) is 40.6. The average Bonchev–Trinajstić information content (AvgIpc) is 3.12. The van der Waals surface area contributed by atoms with E-state index in [4.69, 9.17) is 11.5 Å². The van der Waals surface area contributed by atoms with E-state index in [2.05, 4.69) is 24.5 Å². The fourth-order valence-electron chi connectivity index (χ4n) is 6.82. The van der Waals surface area contributed by atoms with Gasteiger partial charge in [0, 0.05) is 35.6 Å². The van der Waals surface area contributed by atoms with Crippen LogP contribution in [0.1, 0.15) is 163 Å². The molecule has 274 valence electrons. The number of carbonyl (C=O) groups is 2. The van der Waals surface area contributed by atoms with E-state index < -0.39 is 11.8 Å². The minimum absolute atomic E-state index is 0.281. The summed E-state index contributed by atoms with van der Waals surface area (Å²) in [6, 6.07) is 19.4. The Morgan fingerprint density at radius 2 is 0.840 bits per heavy atom. The summed E-state index contributed by atoms with van der Waals surface area (Å²) in [5.74, 6) is -1.19. The molecule has 0 radical (unpaired) electrons. The van der Waals surface area contributed by atoms with Crippen LogP contribution in [-0.2, 0) is 0 Å². The molecule has 3 rings (SSSR count). The summed E-state index contributed by atoms with van der Waals surface area (Å²) in [4.78, 5) is 25.6. The van der Waals surface area contributed by atoms with Crippen LogP contribution in [-0.4, -0.2) is 24.9 Å². The number of benzene rings is 3. The Morgan fingerprint density at radius 1 is 0.460 bits per heavy atom. The van der Waals surface area contributed by atoms with Crippen molar-refractivity contribution in [3.8, 4) is 22.3 Å². The normalized spacial score (nSPS) is 11.1. The van der Waals surface area contributed by atoms with Crippen LogP contribution < -0.4 is 22.1 Å². The molecule has 6 nitrogen and oxygen atoms in total. The van der Waals surface area contributed by atoms with Crippen molar-refractivity contribution in [3.05, 3.63) is 71.8 Å². The SMILES string of the molecule is CCCCCCCCCCCCNc1ccc(-c2ccc(C(N)=O)c(-c3ccc(NCCCCCCCCCCCC)cc3)c2C(N)=O)cc1. The highest BCUT2D eigenvalue weighted by atomic mass is 16.1. The third-order valence-corrected chi connectivity index (χ3v) is 9.81. The second-order valence-electron chi connectivity index (χ2n) is 14.0. The van der Waals surface area contributed by atoms with E-state index in [0.717, 1.165) is 48.4 Å². The fourth-order valence-corrected chi connectivity index (χ4v) is 6.82. The van der Waals surface area contributed by atoms with Gasteiger partial charge in [-0.15, -0.1) is 0 Å². The van der Waals surface area contributed by atoms with Crippen molar-refractivity contribution in [2.24, 2.45) is 11.5 Å². The lowest BCUT2D eigenvalue weighted by Crippen LogP contribution is -2.19. The largest absolute Gasteiger partial charge is 0.385 e. The van der Waals surface area contributed by atoms with Gasteiger partial charge < -0.3 is 22.1 Å². The highest BCUT2D eigenvalue weighted by Crippen LogP contribution is 2.36. The van der Waals surface area contributed by atoms with Crippen LogP contribution in [0.3, 0.4) is 0 Å². The number of primary amides is 2. The van der Waals surface area contributed by atoms with Gasteiger partial charge in [0.15, 0.2) is 0 Å². The number of hydrogen-bond acceptors (Lipinski definition) is 4. The second kappa shape index (κ2) is 24.4. The van der Waals surface area contributed by atoms with E-state index in [-0.39, 0.29) is 5.56 Å². The summed E-state index contributed by atoms with van der Waals surface area (Å²) in [6.45, 7) is 6.37. The van der Waals surface area contributed by atoms with Crippen molar-refractivity contribution in [3.63, 3.8) is 0 Å². The lowest BCUT2D eigenvalue weighted by atomic mass is 9.87. The smallest absolute Gasteiger partial charge is 0.249 e. The van der Waals surface area contributed by atoms with Gasteiger partial charge in [-0.25, -0.2) is 0 Å². The van der Waals surface area contributed by atoms with Crippen molar-refractivity contribution in [2.45, 2.75) is 142 Å². The molecule has 0 heterocycles. The van der Waals surface area contributed by atoms with Gasteiger partial charge in [0.1, 0.15) is 0 Å². The Morgan fingerprint density at radius 3 is 1.22 bits per heavy atom. The highest BCUT2D eigenvalue weighted by molar-refractivity contribution is 6.12. The summed E-state index contributed by atoms with van der Waals surface area (Å²) in [5.41, 5.74) is 17.2. The van der Waals surface area contributed by atoms with Crippen LogP contribution in [0.25, 0.3) is 22.3 Å².